The Morgan fingerprint density at radius 3 is 0.984 bits per heavy atom. The lowest BCUT2D eigenvalue weighted by molar-refractivity contribution is -0.138. The van der Waals surface area contributed by atoms with Gasteiger partial charge in [0.15, 0.2) is 0 Å². The molecular formula is C43H17F15N4. The van der Waals surface area contributed by atoms with Crippen molar-refractivity contribution in [2.75, 3.05) is 0 Å². The molecule has 8 aromatic rings. The molecule has 4 nitrogen and oxygen atoms in total. The number of hydrogen-bond acceptors (Lipinski definition) is 2. The standard InChI is InChI=1S/C43H17F15N4/c44-39(45,46)22-2-7-27-28-8-3-23(40(47,48)49)15-36(28)61(35(27)14-22)33-12-21(26-6-1-20(18-59)11-32(26)43(56,57)58)13-34(31(33)19-60)62-37-16-24(41(50,51)52)4-9-29(37)30-10-5-25(17-38(30)62)42(53,54)55/h1-17H. The molecule has 0 bridgehead atoms. The Balaban J connectivity index is 1.64. The number of hydrogen-bond donors (Lipinski definition) is 0. The zero-order valence-corrected chi connectivity index (χ0v) is 30.3. The first kappa shape index (κ1) is 41.6. The van der Waals surface area contributed by atoms with Crippen molar-refractivity contribution in [1.82, 2.24) is 9.13 Å². The SMILES string of the molecule is N#Cc1ccc(-c2cc(-n3c4cc(C(F)(F)F)ccc4c4ccc(C(F)(F)F)cc43)c(C#N)c(-n3c4cc(C(F)(F)F)ccc4c4ccc(C(F)(F)F)cc43)c2)c(C(F)(F)F)c1. The highest BCUT2D eigenvalue weighted by molar-refractivity contribution is 6.11. The Labute approximate surface area is 336 Å². The maximum Gasteiger partial charge on any atom is 0.417 e. The van der Waals surface area contributed by atoms with Crippen LogP contribution in [0.5, 0.6) is 0 Å². The number of fused-ring (bicyclic) bond motifs is 6. The molecular weight excluding hydrogens is 857 g/mol. The molecule has 8 rings (SSSR count). The second-order valence-electron chi connectivity index (χ2n) is 14.0. The summed E-state index contributed by atoms with van der Waals surface area (Å²) in [6, 6.07) is 15.1. The molecule has 6 aromatic carbocycles. The van der Waals surface area contributed by atoms with Gasteiger partial charge >= 0.3 is 30.9 Å². The number of alkyl halides is 15. The molecule has 0 amide bonds. The zero-order valence-electron chi connectivity index (χ0n) is 30.3. The number of benzene rings is 6. The van der Waals surface area contributed by atoms with E-state index in [1.165, 1.54) is 6.07 Å². The number of aromatic nitrogens is 2. The summed E-state index contributed by atoms with van der Waals surface area (Å²) in [4.78, 5) is 0. The van der Waals surface area contributed by atoms with Crippen LogP contribution in [0.15, 0.2) is 103 Å². The highest BCUT2D eigenvalue weighted by atomic mass is 19.4. The van der Waals surface area contributed by atoms with Gasteiger partial charge in [0.05, 0.1) is 72.9 Å². The van der Waals surface area contributed by atoms with E-state index in [0.717, 1.165) is 57.7 Å². The second kappa shape index (κ2) is 13.7. The van der Waals surface area contributed by atoms with Crippen molar-refractivity contribution in [3.63, 3.8) is 0 Å². The van der Waals surface area contributed by atoms with Gasteiger partial charge in [0.2, 0.25) is 0 Å². The van der Waals surface area contributed by atoms with Crippen molar-refractivity contribution < 1.29 is 65.9 Å². The molecule has 0 spiro atoms. The highest BCUT2D eigenvalue weighted by Gasteiger charge is 2.38. The van der Waals surface area contributed by atoms with Crippen molar-refractivity contribution in [3.05, 3.63) is 142 Å². The van der Waals surface area contributed by atoms with Crippen LogP contribution in [0.2, 0.25) is 0 Å². The Morgan fingerprint density at radius 1 is 0.371 bits per heavy atom. The van der Waals surface area contributed by atoms with Gasteiger partial charge in [-0.15, -0.1) is 0 Å². The molecule has 0 N–H and O–H groups in total. The second-order valence-corrected chi connectivity index (χ2v) is 14.0. The Bertz CT molecular complexity index is 2940. The molecule has 62 heavy (non-hydrogen) atoms. The van der Waals surface area contributed by atoms with Gasteiger partial charge < -0.3 is 9.13 Å². The topological polar surface area (TPSA) is 57.4 Å². The molecule has 0 saturated carbocycles. The predicted molar refractivity (Wildman–Crippen MR) is 195 cm³/mol. The molecule has 19 heteroatoms. The van der Waals surface area contributed by atoms with Gasteiger partial charge in [-0.05, 0) is 83.9 Å². The van der Waals surface area contributed by atoms with Gasteiger partial charge in [0, 0.05) is 21.5 Å². The minimum atomic E-state index is -5.28. The third-order valence-corrected chi connectivity index (χ3v) is 10.3. The molecule has 2 heterocycles. The summed E-state index contributed by atoms with van der Waals surface area (Å²) < 4.78 is 217. The molecule has 0 fully saturated rings. The van der Waals surface area contributed by atoms with Crippen LogP contribution >= 0.6 is 0 Å². The van der Waals surface area contributed by atoms with Crippen LogP contribution in [0.25, 0.3) is 66.1 Å². The smallest absolute Gasteiger partial charge is 0.308 e. The maximum absolute atomic E-state index is 14.8. The molecule has 0 unspecified atom stereocenters. The first-order valence-electron chi connectivity index (χ1n) is 17.5. The number of rotatable bonds is 3. The predicted octanol–water partition coefficient (Wildman–Crippen LogP) is 14.4. The summed E-state index contributed by atoms with van der Waals surface area (Å²) in [7, 11) is 0. The van der Waals surface area contributed by atoms with Gasteiger partial charge in [-0.1, -0.05) is 30.3 Å². The van der Waals surface area contributed by atoms with Gasteiger partial charge in [0.25, 0.3) is 0 Å². The van der Waals surface area contributed by atoms with Gasteiger partial charge in [-0.2, -0.15) is 76.4 Å². The lowest BCUT2D eigenvalue weighted by atomic mass is 9.94. The molecule has 0 saturated heterocycles. The Kier molecular flexibility index (Phi) is 9.18. The van der Waals surface area contributed by atoms with E-state index >= 15 is 0 Å². The maximum atomic E-state index is 14.8. The summed E-state index contributed by atoms with van der Waals surface area (Å²) in [5.41, 5.74) is -13.3. The van der Waals surface area contributed by atoms with E-state index in [1.807, 2.05) is 0 Å². The molecule has 0 radical (unpaired) electrons. The van der Waals surface area contributed by atoms with E-state index < -0.39 is 114 Å². The first-order valence-corrected chi connectivity index (χ1v) is 17.5. The molecule has 0 aliphatic rings. The summed E-state index contributed by atoms with van der Waals surface area (Å²) in [6.07, 6.45) is -25.6. The van der Waals surface area contributed by atoms with Crippen LogP contribution in [-0.4, -0.2) is 9.13 Å². The van der Waals surface area contributed by atoms with E-state index in [-0.39, 0.29) is 21.5 Å². The van der Waals surface area contributed by atoms with Gasteiger partial charge in [-0.3, -0.25) is 0 Å². The summed E-state index contributed by atoms with van der Waals surface area (Å²) in [5.74, 6) is 0. The number of nitriles is 2. The lowest BCUT2D eigenvalue weighted by Crippen LogP contribution is -2.10. The summed E-state index contributed by atoms with van der Waals surface area (Å²) in [5, 5.41) is 19.8. The number of halogens is 15. The fourth-order valence-electron chi connectivity index (χ4n) is 7.60. The Morgan fingerprint density at radius 2 is 0.710 bits per heavy atom. The fraction of sp³-hybridized carbons (Fsp3) is 0.116. The fourth-order valence-corrected chi connectivity index (χ4v) is 7.60. The third-order valence-electron chi connectivity index (χ3n) is 10.3. The molecule has 0 atom stereocenters. The van der Waals surface area contributed by atoms with Crippen molar-refractivity contribution in [3.8, 4) is 34.6 Å². The van der Waals surface area contributed by atoms with E-state index in [9.17, 15) is 76.4 Å². The average molecular weight is 875 g/mol. The van der Waals surface area contributed by atoms with Crippen LogP contribution in [0.1, 0.15) is 38.9 Å². The van der Waals surface area contributed by atoms with Crippen LogP contribution in [0.4, 0.5) is 65.9 Å². The van der Waals surface area contributed by atoms with Crippen LogP contribution in [0.3, 0.4) is 0 Å². The normalized spacial score (nSPS) is 13.0. The summed E-state index contributed by atoms with van der Waals surface area (Å²) >= 11 is 0. The van der Waals surface area contributed by atoms with E-state index in [4.69, 9.17) is 0 Å². The van der Waals surface area contributed by atoms with Crippen LogP contribution in [0, 0.1) is 22.7 Å². The third kappa shape index (κ3) is 6.87. The zero-order chi connectivity index (χ0) is 45.1. The molecule has 0 aliphatic heterocycles. The highest BCUT2D eigenvalue weighted by Crippen LogP contribution is 2.46. The van der Waals surface area contributed by atoms with Crippen molar-refractivity contribution in [2.45, 2.75) is 30.9 Å². The van der Waals surface area contributed by atoms with Crippen molar-refractivity contribution in [1.29, 1.82) is 10.5 Å². The molecule has 0 aliphatic carbocycles. The minimum absolute atomic E-state index is 0.145. The lowest BCUT2D eigenvalue weighted by Gasteiger charge is -2.21. The van der Waals surface area contributed by atoms with Crippen molar-refractivity contribution >= 4 is 43.6 Å². The Hall–Kier alpha value is -7.15. The van der Waals surface area contributed by atoms with Crippen molar-refractivity contribution in [2.24, 2.45) is 0 Å². The van der Waals surface area contributed by atoms with E-state index in [2.05, 4.69) is 0 Å². The quantitative estimate of drug-likeness (QED) is 0.166. The molecule has 2 aromatic heterocycles. The van der Waals surface area contributed by atoms with Gasteiger partial charge in [0.1, 0.15) is 11.6 Å². The monoisotopic (exact) mass is 874 g/mol. The van der Waals surface area contributed by atoms with E-state index in [0.29, 0.717) is 54.6 Å². The summed E-state index contributed by atoms with van der Waals surface area (Å²) in [6.45, 7) is 0. The minimum Gasteiger partial charge on any atom is -0.308 e. The average Bonchev–Trinajstić information content (AvgIpc) is 3.69. The van der Waals surface area contributed by atoms with Crippen LogP contribution in [-0.2, 0) is 30.9 Å². The number of nitrogens with zero attached hydrogens (tertiary/aromatic N) is 4. The van der Waals surface area contributed by atoms with Gasteiger partial charge in [-0.25, -0.2) is 0 Å². The first-order chi connectivity index (χ1) is 28.8. The van der Waals surface area contributed by atoms with Crippen LogP contribution < -0.4 is 0 Å². The van der Waals surface area contributed by atoms with E-state index in [1.54, 1.807) is 6.07 Å². The molecule has 314 valence electrons. The largest absolute Gasteiger partial charge is 0.417 e.